The summed E-state index contributed by atoms with van der Waals surface area (Å²) >= 11 is 1.34. The van der Waals surface area contributed by atoms with Gasteiger partial charge in [-0.25, -0.2) is 4.79 Å². The number of nitrogens with one attached hydrogen (secondary N) is 2. The molecule has 0 heterocycles. The summed E-state index contributed by atoms with van der Waals surface area (Å²) in [6.07, 6.45) is 0. The molecule has 0 fully saturated rings. The molecule has 128 valence electrons. The Morgan fingerprint density at radius 1 is 1.36 bits per heavy atom. The Morgan fingerprint density at radius 3 is 2.59 bits per heavy atom. The van der Waals surface area contributed by atoms with Crippen LogP contribution >= 0.6 is 11.8 Å². The van der Waals surface area contributed by atoms with Crippen LogP contribution in [0.2, 0.25) is 0 Å². The molecule has 5 N–H and O–H groups in total. The van der Waals surface area contributed by atoms with Gasteiger partial charge in [0.25, 0.3) is 0 Å². The van der Waals surface area contributed by atoms with Crippen LogP contribution in [0.1, 0.15) is 0 Å². The maximum absolute atomic E-state index is 11.7. The van der Waals surface area contributed by atoms with Crippen molar-refractivity contribution in [2.45, 2.75) is 12.1 Å². The number of hydrogen-bond acceptors (Lipinski definition) is 9. The molecule has 0 spiro atoms. The maximum atomic E-state index is 11.7. The van der Waals surface area contributed by atoms with Gasteiger partial charge in [0.2, 0.25) is 5.91 Å². The van der Waals surface area contributed by atoms with Crippen LogP contribution in [0.3, 0.4) is 0 Å². The lowest BCUT2D eigenvalue weighted by atomic mass is 10.2. The molecule has 0 aromatic carbocycles. The van der Waals surface area contributed by atoms with Gasteiger partial charge in [0.15, 0.2) is 6.04 Å². The Hall–Kier alpha value is -1.36. The van der Waals surface area contributed by atoms with Gasteiger partial charge in [0.1, 0.15) is 6.61 Å². The quantitative estimate of drug-likeness (QED) is 0.237. The molecule has 0 unspecified atom stereocenters. The van der Waals surface area contributed by atoms with Crippen molar-refractivity contribution in [2.24, 2.45) is 5.73 Å². The number of methoxy groups -OCH3 is 1. The summed E-state index contributed by atoms with van der Waals surface area (Å²) in [7, 11) is 2.80. The molecule has 0 radical (unpaired) electrons. The van der Waals surface area contributed by atoms with E-state index in [-0.39, 0.29) is 24.9 Å². The third-order valence-corrected chi connectivity index (χ3v) is 3.48. The van der Waals surface area contributed by atoms with Gasteiger partial charge >= 0.3 is 11.9 Å². The number of aliphatic hydroxyl groups excluding tert-OH is 1. The van der Waals surface area contributed by atoms with Crippen LogP contribution in [0.4, 0.5) is 0 Å². The largest absolute Gasteiger partial charge is 0.467 e. The second-order valence-corrected chi connectivity index (χ2v) is 5.35. The van der Waals surface area contributed by atoms with Crippen molar-refractivity contribution in [3.63, 3.8) is 0 Å². The number of amides is 1. The first-order valence-corrected chi connectivity index (χ1v) is 7.74. The summed E-state index contributed by atoms with van der Waals surface area (Å²) in [6, 6.07) is -1.98. The smallest absolute Gasteiger partial charge is 0.330 e. The molecule has 0 aliphatic heterocycles. The lowest BCUT2D eigenvalue weighted by molar-refractivity contribution is -0.146. The predicted octanol–water partition coefficient (Wildman–Crippen LogP) is -2.54. The van der Waals surface area contributed by atoms with E-state index < -0.39 is 30.6 Å². The summed E-state index contributed by atoms with van der Waals surface area (Å²) in [5.74, 6) is -0.878. The van der Waals surface area contributed by atoms with E-state index in [0.29, 0.717) is 5.75 Å². The van der Waals surface area contributed by atoms with E-state index in [1.54, 1.807) is 7.05 Å². The van der Waals surface area contributed by atoms with Crippen molar-refractivity contribution in [1.29, 1.82) is 0 Å². The molecular weight excluding hydrogens is 314 g/mol. The molecule has 0 aliphatic carbocycles. The van der Waals surface area contributed by atoms with Gasteiger partial charge in [-0.3, -0.25) is 9.59 Å². The molecule has 0 saturated heterocycles. The van der Waals surface area contributed by atoms with Crippen molar-refractivity contribution in [3.05, 3.63) is 0 Å². The van der Waals surface area contributed by atoms with Crippen molar-refractivity contribution in [3.8, 4) is 0 Å². The van der Waals surface area contributed by atoms with E-state index in [1.165, 1.54) is 11.8 Å². The second-order valence-electron chi connectivity index (χ2n) is 4.20. The van der Waals surface area contributed by atoms with E-state index >= 15 is 0 Å². The van der Waals surface area contributed by atoms with E-state index in [9.17, 15) is 14.4 Å². The summed E-state index contributed by atoms with van der Waals surface area (Å²) in [5, 5.41) is 13.9. The number of likely N-dealkylation sites (N-methyl/N-ethyl adjacent to an activating group) is 1. The van der Waals surface area contributed by atoms with Crippen molar-refractivity contribution in [2.75, 3.05) is 45.4 Å². The Morgan fingerprint density at radius 2 is 2.05 bits per heavy atom. The highest BCUT2D eigenvalue weighted by atomic mass is 32.2. The van der Waals surface area contributed by atoms with Gasteiger partial charge in [-0.05, 0) is 7.05 Å². The number of aliphatic hydroxyl groups is 1. The third-order valence-electron chi connectivity index (χ3n) is 2.43. The van der Waals surface area contributed by atoms with Gasteiger partial charge < -0.3 is 30.9 Å². The normalized spacial score (nSPS) is 13.1. The maximum Gasteiger partial charge on any atom is 0.330 e. The lowest BCUT2D eigenvalue weighted by Crippen LogP contribution is -2.51. The molecule has 0 rings (SSSR count). The molecule has 0 bridgehead atoms. The molecule has 0 aromatic heterocycles. The van der Waals surface area contributed by atoms with E-state index in [2.05, 4.69) is 15.4 Å². The van der Waals surface area contributed by atoms with Gasteiger partial charge in [-0.2, -0.15) is 11.8 Å². The average molecular weight is 337 g/mol. The zero-order valence-corrected chi connectivity index (χ0v) is 13.5. The fourth-order valence-electron chi connectivity index (χ4n) is 1.30. The van der Waals surface area contributed by atoms with Crippen LogP contribution in [-0.4, -0.2) is 80.5 Å². The van der Waals surface area contributed by atoms with Crippen LogP contribution in [0.15, 0.2) is 0 Å². The number of rotatable bonds is 11. The molecule has 2 atom stereocenters. The number of ether oxygens (including phenoxy) is 2. The molecule has 0 aliphatic rings. The zero-order valence-electron chi connectivity index (χ0n) is 12.7. The minimum absolute atomic E-state index is 0.142. The first kappa shape index (κ1) is 20.6. The molecule has 22 heavy (non-hydrogen) atoms. The second kappa shape index (κ2) is 12.2. The fraction of sp³-hybridized carbons (Fsp3) is 0.750. The predicted molar refractivity (Wildman–Crippen MR) is 81.2 cm³/mol. The first-order valence-electron chi connectivity index (χ1n) is 6.58. The standard InChI is InChI=1S/C12H23N3O6S/c1-14-5-10(17)21-3-4-22-7-8(13)11(18)15-9(6-16)12(19)20-2/h8-9,14,16H,3-7,13H2,1-2H3,(H,15,18)/t8-,9-/m0/s1. The van der Waals surface area contributed by atoms with Crippen molar-refractivity contribution >= 4 is 29.6 Å². The molecule has 10 heteroatoms. The third kappa shape index (κ3) is 8.82. The van der Waals surface area contributed by atoms with Gasteiger partial charge in [0, 0.05) is 11.5 Å². The Bertz CT molecular complexity index is 369. The highest BCUT2D eigenvalue weighted by molar-refractivity contribution is 7.99. The van der Waals surface area contributed by atoms with Crippen molar-refractivity contribution < 1.29 is 29.0 Å². The number of carbonyl (C=O) groups is 3. The summed E-state index contributed by atoms with van der Waals surface area (Å²) in [4.78, 5) is 34.0. The summed E-state index contributed by atoms with van der Waals surface area (Å²) < 4.78 is 9.32. The van der Waals surface area contributed by atoms with E-state index in [1.807, 2.05) is 0 Å². The first-order chi connectivity index (χ1) is 10.5. The zero-order chi connectivity index (χ0) is 17.0. The number of thioether (sulfide) groups is 1. The molecule has 1 amide bonds. The number of esters is 2. The Labute approximate surface area is 133 Å². The van der Waals surface area contributed by atoms with Gasteiger partial charge in [0.05, 0.1) is 26.3 Å². The Balaban J connectivity index is 3.91. The molecule has 0 saturated carbocycles. The number of hydrogen-bond donors (Lipinski definition) is 4. The molecule has 0 aromatic rings. The van der Waals surface area contributed by atoms with Crippen LogP contribution in [0.25, 0.3) is 0 Å². The minimum Gasteiger partial charge on any atom is -0.467 e. The summed E-state index contributed by atoms with van der Waals surface area (Å²) in [6.45, 7) is -0.205. The van der Waals surface area contributed by atoms with Crippen LogP contribution < -0.4 is 16.4 Å². The molecule has 9 nitrogen and oxygen atoms in total. The minimum atomic E-state index is -1.13. The van der Waals surface area contributed by atoms with Gasteiger partial charge in [-0.15, -0.1) is 0 Å². The fourth-order valence-corrected chi connectivity index (χ4v) is 2.07. The monoisotopic (exact) mass is 337 g/mol. The average Bonchev–Trinajstić information content (AvgIpc) is 2.51. The SMILES string of the molecule is CNCC(=O)OCCSC[C@H](N)C(=O)N[C@@H](CO)C(=O)OC. The highest BCUT2D eigenvalue weighted by Gasteiger charge is 2.23. The van der Waals surface area contributed by atoms with Crippen LogP contribution in [-0.2, 0) is 23.9 Å². The van der Waals surface area contributed by atoms with Gasteiger partial charge in [-0.1, -0.05) is 0 Å². The topological polar surface area (TPSA) is 140 Å². The summed E-state index contributed by atoms with van der Waals surface area (Å²) in [5.41, 5.74) is 5.67. The number of nitrogens with two attached hydrogens (primary N) is 1. The number of carbonyl (C=O) groups excluding carboxylic acids is 3. The van der Waals surface area contributed by atoms with E-state index in [0.717, 1.165) is 7.11 Å². The lowest BCUT2D eigenvalue weighted by Gasteiger charge is -2.17. The highest BCUT2D eigenvalue weighted by Crippen LogP contribution is 2.02. The van der Waals surface area contributed by atoms with E-state index in [4.69, 9.17) is 15.6 Å². The van der Waals surface area contributed by atoms with Crippen LogP contribution in [0.5, 0.6) is 0 Å². The molecular formula is C12H23N3O6S. The van der Waals surface area contributed by atoms with Crippen molar-refractivity contribution in [1.82, 2.24) is 10.6 Å². The van der Waals surface area contributed by atoms with Crippen LogP contribution in [0, 0.1) is 0 Å². The Kier molecular flexibility index (Phi) is 11.5.